The van der Waals surface area contributed by atoms with E-state index in [1.54, 1.807) is 0 Å². The second kappa shape index (κ2) is 15.5. The van der Waals surface area contributed by atoms with Gasteiger partial charge in [-0.2, -0.15) is 14.6 Å². The molecule has 8 nitrogen and oxygen atoms in total. The van der Waals surface area contributed by atoms with Crippen LogP contribution < -0.4 is 19.6 Å². The predicted molar refractivity (Wildman–Crippen MR) is 190 cm³/mol. The van der Waals surface area contributed by atoms with E-state index >= 15 is 0 Å². The summed E-state index contributed by atoms with van der Waals surface area (Å²) in [5.74, 6) is 2.17. The molecule has 0 saturated heterocycles. The largest absolute Gasteiger partial charge is 0.494 e. The highest BCUT2D eigenvalue weighted by molar-refractivity contribution is 7.15. The van der Waals surface area contributed by atoms with E-state index in [0.29, 0.717) is 21.9 Å². The fraction of sp³-hybridized carbons (Fsp3) is 0.263. The summed E-state index contributed by atoms with van der Waals surface area (Å²) in [5, 5.41) is 9.41. The van der Waals surface area contributed by atoms with Crippen LogP contribution in [0.15, 0.2) is 89.9 Å². The Morgan fingerprint density at radius 2 is 1.47 bits per heavy atom. The fourth-order valence-corrected chi connectivity index (χ4v) is 6.00. The van der Waals surface area contributed by atoms with Crippen LogP contribution in [0.25, 0.3) is 40.1 Å². The molecule has 0 saturated carbocycles. The van der Waals surface area contributed by atoms with Crippen molar-refractivity contribution in [2.75, 3.05) is 13.2 Å². The number of unbranched alkanes of at least 4 members (excludes halogenated alkanes) is 4. The van der Waals surface area contributed by atoms with Crippen molar-refractivity contribution in [3.63, 3.8) is 0 Å². The Kier molecular flexibility index (Phi) is 10.5. The third-order valence-corrected chi connectivity index (χ3v) is 8.67. The molecule has 0 radical (unpaired) electrons. The molecule has 0 unspecified atom stereocenters. The van der Waals surface area contributed by atoms with Gasteiger partial charge in [-0.15, -0.1) is 5.10 Å². The lowest BCUT2D eigenvalue weighted by atomic mass is 10.1. The molecule has 0 amide bonds. The Labute approximate surface area is 278 Å². The van der Waals surface area contributed by atoms with Crippen LogP contribution in [-0.4, -0.2) is 37.6 Å². The van der Waals surface area contributed by atoms with Gasteiger partial charge in [0.1, 0.15) is 17.2 Å². The zero-order valence-corrected chi connectivity index (χ0v) is 27.7. The van der Waals surface area contributed by atoms with Crippen molar-refractivity contribution in [1.82, 2.24) is 24.4 Å². The summed E-state index contributed by atoms with van der Waals surface area (Å²) in [4.78, 5) is 18.6. The van der Waals surface area contributed by atoms with Crippen LogP contribution in [0.5, 0.6) is 11.5 Å². The van der Waals surface area contributed by atoms with Crippen LogP contribution in [0.2, 0.25) is 0 Å². The number of aromatic nitrogens is 5. The molecule has 0 fully saturated rings. The van der Waals surface area contributed by atoms with Crippen molar-refractivity contribution < 1.29 is 9.47 Å². The summed E-state index contributed by atoms with van der Waals surface area (Å²) >= 11 is 1.31. The molecule has 3 aromatic heterocycles. The maximum Gasteiger partial charge on any atom is 0.291 e. The minimum absolute atomic E-state index is 0.212. The van der Waals surface area contributed by atoms with Gasteiger partial charge >= 0.3 is 0 Å². The first-order valence-corrected chi connectivity index (χ1v) is 17.1. The van der Waals surface area contributed by atoms with E-state index in [1.165, 1.54) is 35.1 Å². The van der Waals surface area contributed by atoms with E-state index in [9.17, 15) is 4.79 Å². The molecule has 240 valence electrons. The third kappa shape index (κ3) is 8.04. The van der Waals surface area contributed by atoms with Gasteiger partial charge in [0.15, 0.2) is 5.82 Å². The minimum Gasteiger partial charge on any atom is -0.494 e. The van der Waals surface area contributed by atoms with Gasteiger partial charge < -0.3 is 9.47 Å². The zero-order valence-electron chi connectivity index (χ0n) is 26.8. The summed E-state index contributed by atoms with van der Waals surface area (Å²) in [6, 6.07) is 25.8. The van der Waals surface area contributed by atoms with Gasteiger partial charge in [0.25, 0.3) is 5.56 Å². The summed E-state index contributed by atoms with van der Waals surface area (Å²) in [7, 11) is 0. The number of benzene rings is 3. The number of thiazole rings is 1. The van der Waals surface area contributed by atoms with E-state index in [4.69, 9.17) is 14.6 Å². The van der Waals surface area contributed by atoms with E-state index in [2.05, 4.69) is 23.9 Å². The van der Waals surface area contributed by atoms with Gasteiger partial charge in [-0.3, -0.25) is 4.79 Å². The quantitative estimate of drug-likeness (QED) is 0.106. The standard InChI is InChI=1S/C38H39N5O3S/c1-3-5-7-11-25-46-33-21-17-29(18-22-33)36-30(27-42(41-36)31-12-9-8-10-13-31)26-34-37(44)43-38(47-34)39-35(40-43)23-16-28-14-19-32(20-15-28)45-24-6-4-2/h8-10,12-23,26-27H,3-7,11,24-25H2,1-2H3/b23-16+,34-26-. The number of hydrogen-bond donors (Lipinski definition) is 0. The van der Waals surface area contributed by atoms with Crippen LogP contribution in [-0.2, 0) is 0 Å². The number of nitrogens with zero attached hydrogens (tertiary/aromatic N) is 5. The first-order chi connectivity index (χ1) is 23.1. The second-order valence-electron chi connectivity index (χ2n) is 11.3. The molecule has 0 spiro atoms. The van der Waals surface area contributed by atoms with Crippen molar-refractivity contribution in [2.45, 2.75) is 52.4 Å². The zero-order chi connectivity index (χ0) is 32.4. The number of fused-ring (bicyclic) bond motifs is 1. The van der Waals surface area contributed by atoms with Crippen molar-refractivity contribution >= 4 is 34.5 Å². The van der Waals surface area contributed by atoms with E-state index in [1.807, 2.05) is 108 Å². The normalized spacial score (nSPS) is 12.0. The summed E-state index contributed by atoms with van der Waals surface area (Å²) in [5.41, 5.74) is 4.25. The smallest absolute Gasteiger partial charge is 0.291 e. The molecule has 0 aliphatic heterocycles. The molecular weight excluding hydrogens is 607 g/mol. The molecule has 9 heteroatoms. The Morgan fingerprint density at radius 1 is 0.766 bits per heavy atom. The number of ether oxygens (including phenoxy) is 2. The van der Waals surface area contributed by atoms with Gasteiger partial charge in [0.05, 0.1) is 23.4 Å². The number of rotatable bonds is 15. The molecule has 6 aromatic rings. The molecule has 0 bridgehead atoms. The minimum atomic E-state index is -0.212. The molecule has 0 N–H and O–H groups in total. The molecule has 0 aliphatic rings. The highest BCUT2D eigenvalue weighted by Gasteiger charge is 2.14. The molecule has 0 aliphatic carbocycles. The van der Waals surface area contributed by atoms with Gasteiger partial charge in [-0.1, -0.05) is 87.3 Å². The lowest BCUT2D eigenvalue weighted by molar-refractivity contribution is 0.305. The van der Waals surface area contributed by atoms with Crippen molar-refractivity contribution in [2.24, 2.45) is 0 Å². The van der Waals surface area contributed by atoms with Crippen LogP contribution in [0, 0.1) is 0 Å². The van der Waals surface area contributed by atoms with E-state index < -0.39 is 0 Å². The average Bonchev–Trinajstić information content (AvgIpc) is 3.79. The van der Waals surface area contributed by atoms with Crippen molar-refractivity contribution in [3.8, 4) is 28.4 Å². The van der Waals surface area contributed by atoms with Crippen LogP contribution in [0.3, 0.4) is 0 Å². The maximum absolute atomic E-state index is 13.5. The Hall–Kier alpha value is -5.02. The number of hydrogen-bond acceptors (Lipinski definition) is 7. The average molecular weight is 646 g/mol. The predicted octanol–water partition coefficient (Wildman–Crippen LogP) is 7.86. The maximum atomic E-state index is 13.5. The van der Waals surface area contributed by atoms with Gasteiger partial charge in [-0.05, 0) is 79.1 Å². The lowest BCUT2D eigenvalue weighted by Gasteiger charge is -2.07. The van der Waals surface area contributed by atoms with Crippen LogP contribution >= 0.6 is 11.3 Å². The van der Waals surface area contributed by atoms with Crippen molar-refractivity contribution in [1.29, 1.82) is 0 Å². The molecule has 3 heterocycles. The van der Waals surface area contributed by atoms with E-state index in [-0.39, 0.29) is 5.56 Å². The molecule has 47 heavy (non-hydrogen) atoms. The fourth-order valence-electron chi connectivity index (χ4n) is 5.10. The third-order valence-electron chi connectivity index (χ3n) is 7.71. The first-order valence-electron chi connectivity index (χ1n) is 16.3. The molecule has 6 rings (SSSR count). The van der Waals surface area contributed by atoms with Gasteiger partial charge in [0.2, 0.25) is 4.96 Å². The second-order valence-corrected chi connectivity index (χ2v) is 12.3. The summed E-state index contributed by atoms with van der Waals surface area (Å²) in [6.45, 7) is 5.78. The number of para-hydroxylation sites is 1. The summed E-state index contributed by atoms with van der Waals surface area (Å²) in [6.07, 6.45) is 14.4. The Morgan fingerprint density at radius 3 is 2.17 bits per heavy atom. The summed E-state index contributed by atoms with van der Waals surface area (Å²) < 4.78 is 15.5. The molecule has 3 aromatic carbocycles. The molecule has 0 atom stereocenters. The Bertz CT molecular complexity index is 2030. The first kappa shape index (κ1) is 31.9. The van der Waals surface area contributed by atoms with Gasteiger partial charge in [0, 0.05) is 17.3 Å². The van der Waals surface area contributed by atoms with Crippen LogP contribution in [0.1, 0.15) is 69.3 Å². The highest BCUT2D eigenvalue weighted by atomic mass is 32.1. The molecular formula is C38H39N5O3S. The SMILES string of the molecule is CCCCCCOc1ccc(-c2nn(-c3ccccc3)cc2/C=c2\sc3nc(/C=C/c4ccc(OCCCC)cc4)nn3c2=O)cc1. The van der Waals surface area contributed by atoms with Gasteiger partial charge in [-0.25, -0.2) is 4.68 Å². The van der Waals surface area contributed by atoms with E-state index in [0.717, 1.165) is 65.4 Å². The lowest BCUT2D eigenvalue weighted by Crippen LogP contribution is -2.23. The monoisotopic (exact) mass is 645 g/mol. The highest BCUT2D eigenvalue weighted by Crippen LogP contribution is 2.27. The van der Waals surface area contributed by atoms with Crippen molar-refractivity contribution in [3.05, 3.63) is 117 Å². The van der Waals surface area contributed by atoms with Crippen LogP contribution in [0.4, 0.5) is 0 Å². The Balaban J connectivity index is 1.24. The topological polar surface area (TPSA) is 83.5 Å².